The summed E-state index contributed by atoms with van der Waals surface area (Å²) in [5.41, 5.74) is 2.04. The van der Waals surface area contributed by atoms with Gasteiger partial charge in [0.15, 0.2) is 0 Å². The molecule has 4 nitrogen and oxygen atoms in total. The Morgan fingerprint density at radius 1 is 1.14 bits per heavy atom. The zero-order valence-electron chi connectivity index (χ0n) is 12.3. The molecule has 1 saturated heterocycles. The number of piperidine rings is 1. The van der Waals surface area contributed by atoms with Crippen LogP contribution in [0.3, 0.4) is 0 Å². The summed E-state index contributed by atoms with van der Waals surface area (Å²) in [7, 11) is 0. The standard InChI is InChI=1S/C17H18FN3O/c18-16-12-13(8-9-19-16)17(22)20-14-6-2-3-7-15(14)21-10-4-1-5-11-21/h2-3,6-9,12H,1,4-5,10-11H2,(H,20,22). The zero-order valence-corrected chi connectivity index (χ0v) is 12.3. The number of benzene rings is 1. The van der Waals surface area contributed by atoms with Gasteiger partial charge in [-0.05, 0) is 37.5 Å². The van der Waals surface area contributed by atoms with E-state index in [2.05, 4.69) is 15.2 Å². The van der Waals surface area contributed by atoms with E-state index >= 15 is 0 Å². The Kier molecular flexibility index (Phi) is 4.32. The summed E-state index contributed by atoms with van der Waals surface area (Å²) >= 11 is 0. The Bertz CT molecular complexity index is 668. The van der Waals surface area contributed by atoms with E-state index < -0.39 is 5.95 Å². The fourth-order valence-electron chi connectivity index (χ4n) is 2.73. The van der Waals surface area contributed by atoms with Crippen molar-refractivity contribution in [3.63, 3.8) is 0 Å². The molecule has 0 saturated carbocycles. The van der Waals surface area contributed by atoms with Crippen LogP contribution in [0.2, 0.25) is 0 Å². The minimum Gasteiger partial charge on any atom is -0.370 e. The highest BCUT2D eigenvalue weighted by molar-refractivity contribution is 6.05. The third kappa shape index (κ3) is 3.24. The van der Waals surface area contributed by atoms with Gasteiger partial charge < -0.3 is 10.2 Å². The molecule has 1 fully saturated rings. The maximum atomic E-state index is 13.1. The molecule has 0 spiro atoms. The quantitative estimate of drug-likeness (QED) is 0.883. The number of carbonyl (C=O) groups is 1. The van der Waals surface area contributed by atoms with E-state index in [1.165, 1.54) is 18.7 Å². The number of hydrogen-bond acceptors (Lipinski definition) is 3. The third-order valence-electron chi connectivity index (χ3n) is 3.84. The smallest absolute Gasteiger partial charge is 0.255 e. The zero-order chi connectivity index (χ0) is 15.4. The number of rotatable bonds is 3. The average Bonchev–Trinajstić information content (AvgIpc) is 2.56. The summed E-state index contributed by atoms with van der Waals surface area (Å²) < 4.78 is 13.1. The fourth-order valence-corrected chi connectivity index (χ4v) is 2.73. The lowest BCUT2D eigenvalue weighted by molar-refractivity contribution is 0.102. The molecular formula is C17H18FN3O. The molecule has 22 heavy (non-hydrogen) atoms. The Labute approximate surface area is 129 Å². The van der Waals surface area contributed by atoms with Crippen molar-refractivity contribution in [2.45, 2.75) is 19.3 Å². The van der Waals surface area contributed by atoms with E-state index in [-0.39, 0.29) is 11.5 Å². The summed E-state index contributed by atoms with van der Waals surface area (Å²) in [5, 5.41) is 2.88. The molecule has 0 atom stereocenters. The number of halogens is 1. The number of nitrogens with zero attached hydrogens (tertiary/aromatic N) is 2. The van der Waals surface area contributed by atoms with Crippen molar-refractivity contribution >= 4 is 17.3 Å². The van der Waals surface area contributed by atoms with Crippen molar-refractivity contribution in [1.82, 2.24) is 4.98 Å². The van der Waals surface area contributed by atoms with Crippen molar-refractivity contribution < 1.29 is 9.18 Å². The molecule has 2 aromatic rings. The van der Waals surface area contributed by atoms with Crippen molar-refractivity contribution in [2.75, 3.05) is 23.3 Å². The van der Waals surface area contributed by atoms with E-state index in [1.54, 1.807) is 0 Å². The van der Waals surface area contributed by atoms with Crippen molar-refractivity contribution in [3.05, 3.63) is 54.1 Å². The summed E-state index contributed by atoms with van der Waals surface area (Å²) in [6.45, 7) is 1.99. The lowest BCUT2D eigenvalue weighted by atomic mass is 10.1. The van der Waals surface area contributed by atoms with Gasteiger partial charge in [-0.15, -0.1) is 0 Å². The first-order valence-corrected chi connectivity index (χ1v) is 7.51. The number of aromatic nitrogens is 1. The normalized spacial score (nSPS) is 14.7. The van der Waals surface area contributed by atoms with Crippen molar-refractivity contribution in [1.29, 1.82) is 0 Å². The molecule has 1 aliphatic rings. The van der Waals surface area contributed by atoms with Crippen LogP contribution in [-0.4, -0.2) is 24.0 Å². The second-order valence-electron chi connectivity index (χ2n) is 5.39. The van der Waals surface area contributed by atoms with Crippen LogP contribution in [0.15, 0.2) is 42.6 Å². The predicted octanol–water partition coefficient (Wildman–Crippen LogP) is 3.46. The molecule has 114 valence electrons. The van der Waals surface area contributed by atoms with Gasteiger partial charge in [0.1, 0.15) is 0 Å². The molecule has 1 aromatic heterocycles. The predicted molar refractivity (Wildman–Crippen MR) is 84.7 cm³/mol. The van der Waals surface area contributed by atoms with Crippen molar-refractivity contribution in [2.24, 2.45) is 0 Å². The fraction of sp³-hybridized carbons (Fsp3) is 0.294. The summed E-state index contributed by atoms with van der Waals surface area (Å²) in [6.07, 6.45) is 4.87. The number of carbonyl (C=O) groups excluding carboxylic acids is 1. The van der Waals surface area contributed by atoms with Gasteiger partial charge >= 0.3 is 0 Å². The number of nitrogens with one attached hydrogen (secondary N) is 1. The number of hydrogen-bond donors (Lipinski definition) is 1. The SMILES string of the molecule is O=C(Nc1ccccc1N1CCCCC1)c1ccnc(F)c1. The summed E-state index contributed by atoms with van der Waals surface area (Å²) in [6, 6.07) is 10.4. The Morgan fingerprint density at radius 3 is 2.68 bits per heavy atom. The van der Waals surface area contributed by atoms with Gasteiger partial charge in [0.05, 0.1) is 11.4 Å². The van der Waals surface area contributed by atoms with Crippen molar-refractivity contribution in [3.8, 4) is 0 Å². The largest absolute Gasteiger partial charge is 0.370 e. The lowest BCUT2D eigenvalue weighted by Gasteiger charge is -2.30. The summed E-state index contributed by atoms with van der Waals surface area (Å²) in [5.74, 6) is -0.984. The van der Waals surface area contributed by atoms with E-state index in [0.29, 0.717) is 0 Å². The monoisotopic (exact) mass is 299 g/mol. The Morgan fingerprint density at radius 2 is 1.91 bits per heavy atom. The summed E-state index contributed by atoms with van der Waals surface area (Å²) in [4.78, 5) is 18.0. The van der Waals surface area contributed by atoms with E-state index in [0.717, 1.165) is 43.4 Å². The average molecular weight is 299 g/mol. The highest BCUT2D eigenvalue weighted by atomic mass is 19.1. The first-order valence-electron chi connectivity index (χ1n) is 7.51. The van der Waals surface area contributed by atoms with E-state index in [4.69, 9.17) is 0 Å². The van der Waals surface area contributed by atoms with Gasteiger partial charge in [0.25, 0.3) is 5.91 Å². The van der Waals surface area contributed by atoms with Gasteiger partial charge in [0, 0.05) is 30.9 Å². The molecule has 0 unspecified atom stereocenters. The molecule has 0 radical (unpaired) electrons. The molecule has 3 rings (SSSR count). The van der Waals surface area contributed by atoms with Crippen LogP contribution in [0.5, 0.6) is 0 Å². The Balaban J connectivity index is 1.81. The van der Waals surface area contributed by atoms with Crippen LogP contribution in [0.1, 0.15) is 29.6 Å². The first-order chi connectivity index (χ1) is 10.7. The minimum atomic E-state index is -0.656. The molecular weight excluding hydrogens is 281 g/mol. The van der Waals surface area contributed by atoms with Gasteiger partial charge in [0.2, 0.25) is 5.95 Å². The van der Waals surface area contributed by atoms with Crippen LogP contribution < -0.4 is 10.2 Å². The van der Waals surface area contributed by atoms with Crippen LogP contribution in [-0.2, 0) is 0 Å². The maximum Gasteiger partial charge on any atom is 0.255 e. The lowest BCUT2D eigenvalue weighted by Crippen LogP contribution is -2.30. The number of anilines is 2. The highest BCUT2D eigenvalue weighted by Crippen LogP contribution is 2.28. The molecule has 1 aliphatic heterocycles. The van der Waals surface area contributed by atoms with E-state index in [1.807, 2.05) is 24.3 Å². The number of pyridine rings is 1. The molecule has 1 aromatic carbocycles. The van der Waals surface area contributed by atoms with Gasteiger partial charge in [-0.3, -0.25) is 4.79 Å². The molecule has 0 aliphatic carbocycles. The number of amides is 1. The van der Waals surface area contributed by atoms with Crippen LogP contribution >= 0.6 is 0 Å². The second kappa shape index (κ2) is 6.56. The van der Waals surface area contributed by atoms with Crippen LogP contribution in [0, 0.1) is 5.95 Å². The molecule has 0 bridgehead atoms. The molecule has 5 heteroatoms. The molecule has 1 amide bonds. The maximum absolute atomic E-state index is 13.1. The number of para-hydroxylation sites is 2. The molecule has 1 N–H and O–H groups in total. The molecule has 2 heterocycles. The van der Waals surface area contributed by atoms with Gasteiger partial charge in [-0.25, -0.2) is 4.98 Å². The second-order valence-corrected chi connectivity index (χ2v) is 5.39. The van der Waals surface area contributed by atoms with E-state index in [9.17, 15) is 9.18 Å². The first kappa shape index (κ1) is 14.5. The third-order valence-corrected chi connectivity index (χ3v) is 3.84. The Hall–Kier alpha value is -2.43. The van der Waals surface area contributed by atoms with Crippen LogP contribution in [0.25, 0.3) is 0 Å². The highest BCUT2D eigenvalue weighted by Gasteiger charge is 2.16. The van der Waals surface area contributed by atoms with Gasteiger partial charge in [-0.1, -0.05) is 12.1 Å². The topological polar surface area (TPSA) is 45.2 Å². The van der Waals surface area contributed by atoms with Gasteiger partial charge in [-0.2, -0.15) is 4.39 Å². The minimum absolute atomic E-state index is 0.265. The van der Waals surface area contributed by atoms with Crippen LogP contribution in [0.4, 0.5) is 15.8 Å².